The van der Waals surface area contributed by atoms with E-state index >= 15 is 0 Å². The zero-order valence-electron chi connectivity index (χ0n) is 13.4. The Balaban J connectivity index is 1.86. The molecule has 1 aromatic heterocycles. The molecule has 1 N–H and O–H groups in total. The van der Waals surface area contributed by atoms with E-state index in [-0.39, 0.29) is 5.60 Å². The van der Waals surface area contributed by atoms with E-state index < -0.39 is 0 Å². The SMILES string of the molecule is CC(C)C1(CCNCc2ccco2)CCOC(C)(C)C1. The van der Waals surface area contributed by atoms with Gasteiger partial charge in [0.1, 0.15) is 5.76 Å². The van der Waals surface area contributed by atoms with Crippen molar-refractivity contribution in [2.45, 2.75) is 59.1 Å². The largest absolute Gasteiger partial charge is 0.468 e. The van der Waals surface area contributed by atoms with Gasteiger partial charge >= 0.3 is 0 Å². The molecule has 0 spiro atoms. The third kappa shape index (κ3) is 3.86. The maximum Gasteiger partial charge on any atom is 0.117 e. The van der Waals surface area contributed by atoms with Crippen molar-refractivity contribution in [1.29, 1.82) is 0 Å². The van der Waals surface area contributed by atoms with Crippen molar-refractivity contribution in [3.63, 3.8) is 0 Å². The van der Waals surface area contributed by atoms with Gasteiger partial charge in [-0.05, 0) is 63.1 Å². The zero-order valence-corrected chi connectivity index (χ0v) is 13.4. The fraction of sp³-hybridized carbons (Fsp3) is 0.765. The van der Waals surface area contributed by atoms with Crippen LogP contribution in [0, 0.1) is 11.3 Å². The average molecular weight is 279 g/mol. The van der Waals surface area contributed by atoms with Crippen molar-refractivity contribution in [2.75, 3.05) is 13.2 Å². The van der Waals surface area contributed by atoms with Crippen LogP contribution in [0.5, 0.6) is 0 Å². The second-order valence-electron chi connectivity index (χ2n) is 7.06. The first-order chi connectivity index (χ1) is 9.44. The van der Waals surface area contributed by atoms with Gasteiger partial charge in [0.2, 0.25) is 0 Å². The van der Waals surface area contributed by atoms with E-state index in [9.17, 15) is 0 Å². The molecule has 0 aromatic carbocycles. The first-order valence-corrected chi connectivity index (χ1v) is 7.81. The van der Waals surface area contributed by atoms with Gasteiger partial charge in [-0.15, -0.1) is 0 Å². The maximum absolute atomic E-state index is 5.90. The number of nitrogens with one attached hydrogen (secondary N) is 1. The van der Waals surface area contributed by atoms with Crippen LogP contribution in [0.2, 0.25) is 0 Å². The Morgan fingerprint density at radius 3 is 2.75 bits per heavy atom. The maximum atomic E-state index is 5.90. The van der Waals surface area contributed by atoms with Crippen LogP contribution in [0.4, 0.5) is 0 Å². The molecule has 1 unspecified atom stereocenters. The van der Waals surface area contributed by atoms with Crippen molar-refractivity contribution in [1.82, 2.24) is 5.32 Å². The lowest BCUT2D eigenvalue weighted by molar-refractivity contribution is -0.121. The predicted octanol–water partition coefficient (Wildman–Crippen LogP) is 3.99. The topological polar surface area (TPSA) is 34.4 Å². The third-order valence-electron chi connectivity index (χ3n) is 4.77. The summed E-state index contributed by atoms with van der Waals surface area (Å²) in [4.78, 5) is 0. The lowest BCUT2D eigenvalue weighted by atomic mass is 9.65. The lowest BCUT2D eigenvalue weighted by Gasteiger charge is -2.48. The minimum Gasteiger partial charge on any atom is -0.468 e. The molecule has 114 valence electrons. The van der Waals surface area contributed by atoms with E-state index in [1.807, 2.05) is 12.1 Å². The third-order valence-corrected chi connectivity index (χ3v) is 4.77. The Bertz CT molecular complexity index is 397. The van der Waals surface area contributed by atoms with Gasteiger partial charge in [-0.25, -0.2) is 0 Å². The predicted molar refractivity (Wildman–Crippen MR) is 81.6 cm³/mol. The van der Waals surface area contributed by atoms with Crippen LogP contribution in [0.15, 0.2) is 22.8 Å². The molecule has 2 rings (SSSR count). The highest BCUT2D eigenvalue weighted by Gasteiger charge is 2.42. The van der Waals surface area contributed by atoms with E-state index in [1.165, 1.54) is 12.8 Å². The quantitative estimate of drug-likeness (QED) is 0.800. The van der Waals surface area contributed by atoms with Crippen LogP contribution in [-0.2, 0) is 11.3 Å². The second kappa shape index (κ2) is 6.31. The fourth-order valence-corrected chi connectivity index (χ4v) is 3.47. The van der Waals surface area contributed by atoms with Crippen LogP contribution in [0.1, 0.15) is 52.7 Å². The van der Waals surface area contributed by atoms with Gasteiger partial charge < -0.3 is 14.5 Å². The van der Waals surface area contributed by atoms with E-state index in [4.69, 9.17) is 9.15 Å². The summed E-state index contributed by atoms with van der Waals surface area (Å²) < 4.78 is 11.2. The lowest BCUT2D eigenvalue weighted by Crippen LogP contribution is -2.45. The van der Waals surface area contributed by atoms with E-state index in [1.54, 1.807) is 6.26 Å². The van der Waals surface area contributed by atoms with Crippen LogP contribution in [0.3, 0.4) is 0 Å². The highest BCUT2D eigenvalue weighted by atomic mass is 16.5. The summed E-state index contributed by atoms with van der Waals surface area (Å²) >= 11 is 0. The van der Waals surface area contributed by atoms with Crippen LogP contribution in [0.25, 0.3) is 0 Å². The highest BCUT2D eigenvalue weighted by Crippen LogP contribution is 2.46. The first-order valence-electron chi connectivity index (χ1n) is 7.81. The van der Waals surface area contributed by atoms with Gasteiger partial charge in [-0.3, -0.25) is 0 Å². The van der Waals surface area contributed by atoms with E-state index in [2.05, 4.69) is 33.0 Å². The van der Waals surface area contributed by atoms with Gasteiger partial charge in [-0.2, -0.15) is 0 Å². The number of rotatable bonds is 6. The Kier molecular flexibility index (Phi) is 4.92. The summed E-state index contributed by atoms with van der Waals surface area (Å²) in [5.41, 5.74) is 0.418. The van der Waals surface area contributed by atoms with E-state index in [0.717, 1.165) is 31.9 Å². The minimum atomic E-state index is 0.0174. The molecule has 3 heteroatoms. The van der Waals surface area contributed by atoms with Crippen LogP contribution >= 0.6 is 0 Å². The molecular formula is C17H29NO2. The molecule has 0 radical (unpaired) electrons. The Labute approximate surface area is 123 Å². The molecule has 2 heterocycles. The fourth-order valence-electron chi connectivity index (χ4n) is 3.47. The summed E-state index contributed by atoms with van der Waals surface area (Å²) in [6.07, 6.45) is 5.27. The molecule has 1 aliphatic rings. The highest BCUT2D eigenvalue weighted by molar-refractivity contribution is 4.98. The molecule has 3 nitrogen and oxygen atoms in total. The molecule has 1 saturated heterocycles. The number of furan rings is 1. The molecular weight excluding hydrogens is 250 g/mol. The smallest absolute Gasteiger partial charge is 0.117 e. The molecule has 1 aliphatic heterocycles. The molecule has 20 heavy (non-hydrogen) atoms. The first kappa shape index (κ1) is 15.6. The summed E-state index contributed by atoms with van der Waals surface area (Å²) in [5.74, 6) is 1.70. The van der Waals surface area contributed by atoms with Crippen molar-refractivity contribution in [3.8, 4) is 0 Å². The average Bonchev–Trinajstić information content (AvgIpc) is 2.86. The van der Waals surface area contributed by atoms with Gasteiger partial charge in [0, 0.05) is 6.61 Å². The summed E-state index contributed by atoms with van der Waals surface area (Å²) in [7, 11) is 0. The summed E-state index contributed by atoms with van der Waals surface area (Å²) in [6, 6.07) is 3.95. The molecule has 0 saturated carbocycles. The number of ether oxygens (including phenoxy) is 1. The molecule has 1 atom stereocenters. The normalized spacial score (nSPS) is 26.1. The molecule has 0 bridgehead atoms. The molecule has 0 aliphatic carbocycles. The standard InChI is InChI=1S/C17H29NO2/c1-14(2)17(8-11-20-16(3,4)13-17)7-9-18-12-15-6-5-10-19-15/h5-6,10,14,18H,7-9,11-13H2,1-4H3. The molecule has 1 aromatic rings. The van der Waals surface area contributed by atoms with Crippen molar-refractivity contribution < 1.29 is 9.15 Å². The van der Waals surface area contributed by atoms with Gasteiger partial charge in [0.15, 0.2) is 0 Å². The Hall–Kier alpha value is -0.800. The van der Waals surface area contributed by atoms with Crippen molar-refractivity contribution >= 4 is 0 Å². The van der Waals surface area contributed by atoms with Gasteiger partial charge in [0.05, 0.1) is 18.4 Å². The Morgan fingerprint density at radius 2 is 2.15 bits per heavy atom. The van der Waals surface area contributed by atoms with Crippen LogP contribution < -0.4 is 5.32 Å². The zero-order chi connectivity index (χ0) is 14.6. The van der Waals surface area contributed by atoms with Gasteiger partial charge in [-0.1, -0.05) is 13.8 Å². The number of hydrogen-bond donors (Lipinski definition) is 1. The monoisotopic (exact) mass is 279 g/mol. The van der Waals surface area contributed by atoms with Gasteiger partial charge in [0.25, 0.3) is 0 Å². The van der Waals surface area contributed by atoms with Crippen molar-refractivity contribution in [3.05, 3.63) is 24.2 Å². The van der Waals surface area contributed by atoms with Crippen molar-refractivity contribution in [2.24, 2.45) is 11.3 Å². The number of hydrogen-bond acceptors (Lipinski definition) is 3. The molecule has 1 fully saturated rings. The second-order valence-corrected chi connectivity index (χ2v) is 7.06. The molecule has 0 amide bonds. The summed E-state index contributed by atoms with van der Waals surface area (Å²) in [6.45, 7) is 11.9. The minimum absolute atomic E-state index is 0.0174. The van der Waals surface area contributed by atoms with Crippen LogP contribution in [-0.4, -0.2) is 18.8 Å². The summed E-state index contributed by atoms with van der Waals surface area (Å²) in [5, 5.41) is 3.51. The van der Waals surface area contributed by atoms with E-state index in [0.29, 0.717) is 11.3 Å². The Morgan fingerprint density at radius 1 is 1.35 bits per heavy atom.